The number of hydrogen-bond acceptors (Lipinski definition) is 0. The number of rotatable bonds is 0. The smallest absolute Gasteiger partial charge is 1.00 e. The van der Waals surface area contributed by atoms with E-state index in [4.69, 9.17) is 0 Å². The van der Waals surface area contributed by atoms with Crippen LogP contribution in [0.5, 0.6) is 0 Å². The van der Waals surface area contributed by atoms with Gasteiger partial charge in [0.05, 0.1) is 0 Å². The molecular formula is H4Mg2Zn2. The normalized spacial score (nSPS) is 0. The Balaban J connectivity index is 0. The van der Waals surface area contributed by atoms with Crippen LogP contribution in [0.1, 0.15) is 5.71 Å². The van der Waals surface area contributed by atoms with Crippen LogP contribution in [0.15, 0.2) is 0 Å². The Bertz CT molecular complexity index is 12.0. The molecule has 0 nitrogen and oxygen atoms in total. The van der Waals surface area contributed by atoms with Crippen molar-refractivity contribution in [3.8, 4) is 0 Å². The largest absolute Gasteiger partial charge is 2.00 e. The molecule has 0 saturated heterocycles. The van der Waals surface area contributed by atoms with E-state index in [0.29, 0.717) is 0 Å². The van der Waals surface area contributed by atoms with Crippen molar-refractivity contribution in [2.24, 2.45) is 0 Å². The second-order valence-corrected chi connectivity index (χ2v) is 0. The molecule has 0 bridgehead atoms. The van der Waals surface area contributed by atoms with E-state index in [1.165, 1.54) is 0 Å². The van der Waals surface area contributed by atoms with Gasteiger partial charge in [0.15, 0.2) is 0 Å². The van der Waals surface area contributed by atoms with Gasteiger partial charge in [-0.3, -0.25) is 0 Å². The third-order valence-electron chi connectivity index (χ3n) is 0. The maximum absolute atomic E-state index is 0. The second-order valence-electron chi connectivity index (χ2n) is 0. The summed E-state index contributed by atoms with van der Waals surface area (Å²) in [4.78, 5) is 0. The molecule has 4 heteroatoms. The van der Waals surface area contributed by atoms with E-state index >= 15 is 0 Å². The zero-order valence-corrected chi connectivity index (χ0v) is 11.6. The van der Waals surface area contributed by atoms with Crippen molar-refractivity contribution in [1.29, 1.82) is 0 Å². The molecule has 0 aromatic rings. The summed E-state index contributed by atoms with van der Waals surface area (Å²) in [5.74, 6) is 0. The Morgan fingerprint density at radius 2 is 0.750 bits per heavy atom. The van der Waals surface area contributed by atoms with Crippen molar-refractivity contribution in [2.75, 3.05) is 0 Å². The molecule has 0 aliphatic rings. The van der Waals surface area contributed by atoms with Crippen molar-refractivity contribution < 1.29 is 44.7 Å². The van der Waals surface area contributed by atoms with Crippen LogP contribution in [0.3, 0.4) is 0 Å². The standard InChI is InChI=1S/2Mg.2Zn.4H/q2*+2;;;4*-1. The fraction of sp³-hybridized carbons (Fsp3) is 0. The topological polar surface area (TPSA) is 0 Å². The van der Waals surface area contributed by atoms with Crippen LogP contribution < -0.4 is 0 Å². The van der Waals surface area contributed by atoms with Crippen LogP contribution in [0, 0.1) is 0 Å². The van der Waals surface area contributed by atoms with Crippen molar-refractivity contribution in [1.82, 2.24) is 0 Å². The van der Waals surface area contributed by atoms with Gasteiger partial charge < -0.3 is 5.71 Å². The van der Waals surface area contributed by atoms with Crippen molar-refractivity contribution in [2.45, 2.75) is 0 Å². The van der Waals surface area contributed by atoms with Crippen LogP contribution in [0.25, 0.3) is 0 Å². The Hall–Kier alpha value is 2.78. The predicted molar refractivity (Wildman–Crippen MR) is 16.0 cm³/mol. The fourth-order valence-corrected chi connectivity index (χ4v) is 0. The van der Waals surface area contributed by atoms with Crippen LogP contribution in [0.2, 0.25) is 0 Å². The van der Waals surface area contributed by atoms with E-state index < -0.39 is 0 Å². The predicted octanol–water partition coefficient (Wildman–Crippen LogP) is -0.317. The Labute approximate surface area is 89.6 Å². The SMILES string of the molecule is [H-].[H-].[H-].[H-].[Mg+2].[Mg+2].[Zn].[Zn]. The van der Waals surface area contributed by atoms with E-state index in [1.807, 2.05) is 0 Å². The van der Waals surface area contributed by atoms with Gasteiger partial charge in [0.1, 0.15) is 0 Å². The van der Waals surface area contributed by atoms with E-state index in [0.717, 1.165) is 0 Å². The van der Waals surface area contributed by atoms with Gasteiger partial charge in [0.2, 0.25) is 0 Å². The minimum absolute atomic E-state index is 0. The van der Waals surface area contributed by atoms with E-state index in [-0.39, 0.29) is 90.8 Å². The van der Waals surface area contributed by atoms with Gasteiger partial charge in [-0.2, -0.15) is 0 Å². The summed E-state index contributed by atoms with van der Waals surface area (Å²) in [6.07, 6.45) is 0. The van der Waals surface area contributed by atoms with Gasteiger partial charge in [-0.1, -0.05) is 0 Å². The molecule has 0 N–H and O–H groups in total. The minimum atomic E-state index is 0. The summed E-state index contributed by atoms with van der Waals surface area (Å²) in [5, 5.41) is 0. The summed E-state index contributed by atoms with van der Waals surface area (Å²) in [7, 11) is 0. The zero-order valence-electron chi connectivity index (χ0n) is 6.83. The molecule has 0 fully saturated rings. The van der Waals surface area contributed by atoms with Gasteiger partial charge in [-0.05, 0) is 0 Å². The first-order valence-corrected chi connectivity index (χ1v) is 0. The minimum Gasteiger partial charge on any atom is -1.00 e. The second kappa shape index (κ2) is 17.1. The Morgan fingerprint density at radius 1 is 0.750 bits per heavy atom. The molecule has 4 heavy (non-hydrogen) atoms. The fourth-order valence-electron chi connectivity index (χ4n) is 0. The maximum Gasteiger partial charge on any atom is 2.00 e. The van der Waals surface area contributed by atoms with Gasteiger partial charge in [0.25, 0.3) is 0 Å². The zero-order chi connectivity index (χ0) is 0. The van der Waals surface area contributed by atoms with E-state index in [1.54, 1.807) is 0 Å². The van der Waals surface area contributed by atoms with Gasteiger partial charge in [0, 0.05) is 39.0 Å². The Kier molecular flexibility index (Phi) is 125. The molecular weight excluding hydrogens is 179 g/mol. The summed E-state index contributed by atoms with van der Waals surface area (Å²) in [6.45, 7) is 0. The average Bonchev–Trinajstić information content (AvgIpc) is 0. The van der Waals surface area contributed by atoms with Crippen LogP contribution in [-0.2, 0) is 39.0 Å². The van der Waals surface area contributed by atoms with Gasteiger partial charge in [-0.25, -0.2) is 0 Å². The Morgan fingerprint density at radius 3 is 0.750 bits per heavy atom. The molecule has 0 atom stereocenters. The molecule has 0 aromatic carbocycles. The third kappa shape index (κ3) is 8.84. The molecule has 0 aromatic heterocycles. The summed E-state index contributed by atoms with van der Waals surface area (Å²) in [5.41, 5.74) is 0. The van der Waals surface area contributed by atoms with Crippen molar-refractivity contribution >= 4 is 46.1 Å². The third-order valence-corrected chi connectivity index (χ3v) is 0. The first kappa shape index (κ1) is 29.3. The quantitative estimate of drug-likeness (QED) is 0.452. The van der Waals surface area contributed by atoms with Crippen molar-refractivity contribution in [3.05, 3.63) is 0 Å². The van der Waals surface area contributed by atoms with Crippen LogP contribution in [-0.4, -0.2) is 46.1 Å². The molecule has 0 rings (SSSR count). The number of hydrogen-bond donors (Lipinski definition) is 0. The summed E-state index contributed by atoms with van der Waals surface area (Å²) < 4.78 is 0. The monoisotopic (exact) mass is 180 g/mol. The van der Waals surface area contributed by atoms with Crippen molar-refractivity contribution in [3.63, 3.8) is 0 Å². The van der Waals surface area contributed by atoms with Gasteiger partial charge in [-0.15, -0.1) is 0 Å². The average molecular weight is 183 g/mol. The molecule has 0 aliphatic heterocycles. The first-order chi connectivity index (χ1) is 0. The van der Waals surface area contributed by atoms with E-state index in [2.05, 4.69) is 0 Å². The molecule has 0 aliphatic carbocycles. The molecule has 0 unspecified atom stereocenters. The molecule has 0 spiro atoms. The van der Waals surface area contributed by atoms with Crippen LogP contribution >= 0.6 is 0 Å². The molecule has 12 valence electrons. The molecule has 0 radical (unpaired) electrons. The maximum atomic E-state index is 0. The summed E-state index contributed by atoms with van der Waals surface area (Å²) >= 11 is 0. The first-order valence-electron chi connectivity index (χ1n) is 0. The molecule has 0 heterocycles. The van der Waals surface area contributed by atoms with Crippen LogP contribution in [0.4, 0.5) is 0 Å². The molecule has 0 saturated carbocycles. The molecule has 0 amide bonds. The van der Waals surface area contributed by atoms with E-state index in [9.17, 15) is 0 Å². The summed E-state index contributed by atoms with van der Waals surface area (Å²) in [6, 6.07) is 0. The van der Waals surface area contributed by atoms with Gasteiger partial charge >= 0.3 is 46.1 Å².